The van der Waals surface area contributed by atoms with Crippen LogP contribution in [0.3, 0.4) is 0 Å². The lowest BCUT2D eigenvalue weighted by molar-refractivity contribution is 0.0846. The number of fused-ring (bicyclic) bond motifs is 1. The highest BCUT2D eigenvalue weighted by molar-refractivity contribution is 6.06. The van der Waals surface area contributed by atoms with Crippen LogP contribution in [0.1, 0.15) is 26.5 Å². The summed E-state index contributed by atoms with van der Waals surface area (Å²) >= 11 is 0. The first-order valence-electron chi connectivity index (χ1n) is 6.23. The number of carbonyl (C=O) groups excluding carboxylic acids is 2. The van der Waals surface area contributed by atoms with E-state index in [1.165, 1.54) is 12.3 Å². The molecule has 0 aliphatic heterocycles. The molecule has 106 valence electrons. The molecule has 0 aliphatic rings. The van der Waals surface area contributed by atoms with Crippen molar-refractivity contribution in [2.45, 2.75) is 6.92 Å². The fraction of sp³-hybridized carbons (Fsp3) is 0.0714. The van der Waals surface area contributed by atoms with E-state index in [0.717, 1.165) is 5.39 Å². The SMILES string of the molecule is Cc1occc1C(=O)NNC(=O)c1cccc2cn[nH]c12. The van der Waals surface area contributed by atoms with Crippen LogP contribution >= 0.6 is 0 Å². The number of carbonyl (C=O) groups is 2. The van der Waals surface area contributed by atoms with Crippen molar-refractivity contribution in [1.82, 2.24) is 21.0 Å². The number of hydrogen-bond donors (Lipinski definition) is 3. The maximum absolute atomic E-state index is 12.1. The molecular formula is C14H12N4O3. The lowest BCUT2D eigenvalue weighted by atomic mass is 10.1. The quantitative estimate of drug-likeness (QED) is 0.621. The van der Waals surface area contributed by atoms with Gasteiger partial charge in [0.25, 0.3) is 11.8 Å². The fourth-order valence-corrected chi connectivity index (χ4v) is 2.03. The Hall–Kier alpha value is -3.09. The third kappa shape index (κ3) is 2.36. The summed E-state index contributed by atoms with van der Waals surface area (Å²) in [5.41, 5.74) is 6.10. The molecule has 3 N–H and O–H groups in total. The first-order chi connectivity index (χ1) is 10.2. The molecule has 0 atom stereocenters. The number of aryl methyl sites for hydroxylation is 1. The molecule has 2 heterocycles. The third-order valence-corrected chi connectivity index (χ3v) is 3.11. The van der Waals surface area contributed by atoms with Crippen molar-refractivity contribution in [3.63, 3.8) is 0 Å². The second kappa shape index (κ2) is 5.12. The molecule has 0 unspecified atom stereocenters. The van der Waals surface area contributed by atoms with Crippen molar-refractivity contribution < 1.29 is 14.0 Å². The Balaban J connectivity index is 1.74. The smallest absolute Gasteiger partial charge is 0.273 e. The minimum Gasteiger partial charge on any atom is -0.469 e. The summed E-state index contributed by atoms with van der Waals surface area (Å²) in [6.07, 6.45) is 3.04. The topological polar surface area (TPSA) is 100 Å². The van der Waals surface area contributed by atoms with E-state index in [0.29, 0.717) is 22.4 Å². The first kappa shape index (κ1) is 12.9. The normalized spacial score (nSPS) is 10.5. The van der Waals surface area contributed by atoms with Crippen LogP contribution in [0.4, 0.5) is 0 Å². The van der Waals surface area contributed by atoms with Gasteiger partial charge in [-0.3, -0.25) is 25.5 Å². The van der Waals surface area contributed by atoms with E-state index in [9.17, 15) is 9.59 Å². The molecular weight excluding hydrogens is 272 g/mol. The molecule has 21 heavy (non-hydrogen) atoms. The first-order valence-corrected chi connectivity index (χ1v) is 6.23. The molecule has 0 fully saturated rings. The summed E-state index contributed by atoms with van der Waals surface area (Å²) in [6, 6.07) is 6.76. The Morgan fingerprint density at radius 1 is 1.14 bits per heavy atom. The summed E-state index contributed by atoms with van der Waals surface area (Å²) in [5, 5.41) is 7.46. The molecule has 0 saturated carbocycles. The van der Waals surface area contributed by atoms with Gasteiger partial charge < -0.3 is 4.42 Å². The van der Waals surface area contributed by atoms with Crippen molar-refractivity contribution in [3.05, 3.63) is 53.6 Å². The van der Waals surface area contributed by atoms with Crippen molar-refractivity contribution in [2.24, 2.45) is 0 Å². The second-order valence-electron chi connectivity index (χ2n) is 4.44. The van der Waals surface area contributed by atoms with Crippen LogP contribution in [0.15, 0.2) is 41.1 Å². The number of hydrazine groups is 1. The average molecular weight is 284 g/mol. The van der Waals surface area contributed by atoms with Crippen molar-refractivity contribution in [3.8, 4) is 0 Å². The highest BCUT2D eigenvalue weighted by atomic mass is 16.3. The van der Waals surface area contributed by atoms with Gasteiger partial charge in [0.2, 0.25) is 0 Å². The number of hydrogen-bond acceptors (Lipinski definition) is 4. The van der Waals surface area contributed by atoms with Crippen LogP contribution < -0.4 is 10.9 Å². The van der Waals surface area contributed by atoms with Gasteiger partial charge in [-0.1, -0.05) is 12.1 Å². The van der Waals surface area contributed by atoms with Crippen LogP contribution in [0.2, 0.25) is 0 Å². The van der Waals surface area contributed by atoms with E-state index in [1.807, 2.05) is 6.07 Å². The zero-order chi connectivity index (χ0) is 14.8. The van der Waals surface area contributed by atoms with Crippen molar-refractivity contribution >= 4 is 22.7 Å². The van der Waals surface area contributed by atoms with Gasteiger partial charge in [0.1, 0.15) is 5.76 Å². The number of furan rings is 1. The lowest BCUT2D eigenvalue weighted by Gasteiger charge is -2.07. The molecule has 0 spiro atoms. The number of nitrogens with one attached hydrogen (secondary N) is 3. The Kier molecular flexibility index (Phi) is 3.15. The van der Waals surface area contributed by atoms with E-state index in [-0.39, 0.29) is 0 Å². The van der Waals surface area contributed by atoms with Gasteiger partial charge in [-0.15, -0.1) is 0 Å². The molecule has 7 nitrogen and oxygen atoms in total. The van der Waals surface area contributed by atoms with Gasteiger partial charge in [0, 0.05) is 5.39 Å². The number of aromatic nitrogens is 2. The van der Waals surface area contributed by atoms with Crippen molar-refractivity contribution in [1.29, 1.82) is 0 Å². The highest BCUT2D eigenvalue weighted by Crippen LogP contribution is 2.15. The predicted molar refractivity (Wildman–Crippen MR) is 74.5 cm³/mol. The van der Waals surface area contributed by atoms with Gasteiger partial charge in [-0.05, 0) is 19.1 Å². The Bertz CT molecular complexity index is 818. The molecule has 0 saturated heterocycles. The number of H-pyrrole nitrogens is 1. The highest BCUT2D eigenvalue weighted by Gasteiger charge is 2.14. The van der Waals surface area contributed by atoms with Crippen molar-refractivity contribution in [2.75, 3.05) is 0 Å². The van der Waals surface area contributed by atoms with Crippen LogP contribution in [0, 0.1) is 6.92 Å². The summed E-state index contributed by atoms with van der Waals surface area (Å²) < 4.78 is 5.04. The Labute approximate surface area is 119 Å². The van der Waals surface area contributed by atoms with Crippen LogP contribution in [0.5, 0.6) is 0 Å². The molecule has 0 aliphatic carbocycles. The molecule has 2 amide bonds. The number of benzene rings is 1. The van der Waals surface area contributed by atoms with E-state index >= 15 is 0 Å². The average Bonchev–Trinajstić information content (AvgIpc) is 3.12. The van der Waals surface area contributed by atoms with E-state index in [1.54, 1.807) is 25.3 Å². The standard InChI is InChI=1S/C14H12N4O3/c1-8-10(5-6-21-8)13(19)17-18-14(20)11-4-2-3-9-7-15-16-12(9)11/h2-7H,1H3,(H,15,16)(H,17,19)(H,18,20). The minimum absolute atomic E-state index is 0.370. The molecule has 3 aromatic rings. The van der Waals surface area contributed by atoms with E-state index < -0.39 is 11.8 Å². The molecule has 0 bridgehead atoms. The monoisotopic (exact) mass is 284 g/mol. The maximum Gasteiger partial charge on any atom is 0.273 e. The lowest BCUT2D eigenvalue weighted by Crippen LogP contribution is -2.41. The number of aromatic amines is 1. The summed E-state index contributed by atoms with van der Waals surface area (Å²) in [4.78, 5) is 24.0. The zero-order valence-corrected chi connectivity index (χ0v) is 11.1. The third-order valence-electron chi connectivity index (χ3n) is 3.11. The Morgan fingerprint density at radius 3 is 2.62 bits per heavy atom. The minimum atomic E-state index is -0.439. The van der Waals surface area contributed by atoms with E-state index in [2.05, 4.69) is 21.0 Å². The van der Waals surface area contributed by atoms with Crippen LogP contribution in [-0.2, 0) is 0 Å². The van der Waals surface area contributed by atoms with Gasteiger partial charge in [-0.25, -0.2) is 0 Å². The van der Waals surface area contributed by atoms with Gasteiger partial charge in [0.15, 0.2) is 0 Å². The number of rotatable bonds is 2. The van der Waals surface area contributed by atoms with Gasteiger partial charge in [0.05, 0.1) is 29.1 Å². The predicted octanol–water partition coefficient (Wildman–Crippen LogP) is 1.54. The Morgan fingerprint density at radius 2 is 1.90 bits per heavy atom. The molecule has 7 heteroatoms. The van der Waals surface area contributed by atoms with Crippen LogP contribution in [0.25, 0.3) is 10.9 Å². The maximum atomic E-state index is 12.1. The summed E-state index contributed by atoms with van der Waals surface area (Å²) in [5.74, 6) is -0.386. The molecule has 1 aromatic carbocycles. The summed E-state index contributed by atoms with van der Waals surface area (Å²) in [6.45, 7) is 1.67. The molecule has 3 rings (SSSR count). The fourth-order valence-electron chi connectivity index (χ4n) is 2.03. The van der Waals surface area contributed by atoms with Crippen LogP contribution in [-0.4, -0.2) is 22.0 Å². The zero-order valence-electron chi connectivity index (χ0n) is 11.1. The number of para-hydroxylation sites is 1. The number of nitrogens with zero attached hydrogens (tertiary/aromatic N) is 1. The van der Waals surface area contributed by atoms with Gasteiger partial charge in [-0.2, -0.15) is 5.10 Å². The number of amides is 2. The second-order valence-corrected chi connectivity index (χ2v) is 4.44. The largest absolute Gasteiger partial charge is 0.469 e. The van der Waals surface area contributed by atoms with Gasteiger partial charge >= 0.3 is 0 Å². The molecule has 2 aromatic heterocycles. The molecule has 0 radical (unpaired) electrons. The van der Waals surface area contributed by atoms with E-state index in [4.69, 9.17) is 4.42 Å². The summed E-state index contributed by atoms with van der Waals surface area (Å²) in [7, 11) is 0.